The molecule has 0 radical (unpaired) electrons. The van der Waals surface area contributed by atoms with Crippen molar-refractivity contribution in [2.45, 2.75) is 37.0 Å². The smallest absolute Gasteiger partial charge is 0.0217 e. The van der Waals surface area contributed by atoms with Crippen LogP contribution in [0.1, 0.15) is 25.7 Å². The third-order valence-corrected chi connectivity index (χ3v) is 5.62. The fourth-order valence-electron chi connectivity index (χ4n) is 2.97. The van der Waals surface area contributed by atoms with Crippen LogP contribution < -0.4 is 5.32 Å². The summed E-state index contributed by atoms with van der Waals surface area (Å²) in [5.41, 5.74) is 0. The van der Waals surface area contributed by atoms with Crippen LogP contribution in [0, 0.1) is 0 Å². The van der Waals surface area contributed by atoms with Crippen molar-refractivity contribution in [3.8, 4) is 0 Å². The molecule has 2 heterocycles. The molecule has 0 aromatic heterocycles. The Balaban J connectivity index is 1.60. The van der Waals surface area contributed by atoms with Crippen molar-refractivity contribution in [3.63, 3.8) is 0 Å². The van der Waals surface area contributed by atoms with Crippen LogP contribution in [0.3, 0.4) is 0 Å². The van der Waals surface area contributed by atoms with Gasteiger partial charge in [0.2, 0.25) is 0 Å². The molecule has 2 aliphatic heterocycles. The summed E-state index contributed by atoms with van der Waals surface area (Å²) < 4.78 is 0. The number of nitrogens with one attached hydrogen (secondary N) is 1. The Morgan fingerprint density at radius 1 is 1.22 bits per heavy atom. The Kier molecular flexibility index (Phi) is 6.29. The van der Waals surface area contributed by atoms with Gasteiger partial charge in [0.05, 0.1) is 0 Å². The molecule has 18 heavy (non-hydrogen) atoms. The maximum absolute atomic E-state index is 3.44. The van der Waals surface area contributed by atoms with Crippen LogP contribution >= 0.6 is 11.8 Å². The average Bonchev–Trinajstić information content (AvgIpc) is 2.40. The highest BCUT2D eigenvalue weighted by Gasteiger charge is 2.21. The lowest BCUT2D eigenvalue weighted by molar-refractivity contribution is 0.139. The maximum atomic E-state index is 3.44. The van der Waals surface area contributed by atoms with Gasteiger partial charge in [-0.3, -0.25) is 0 Å². The third kappa shape index (κ3) is 4.72. The van der Waals surface area contributed by atoms with E-state index in [2.05, 4.69) is 41.0 Å². The molecule has 2 aliphatic rings. The molecule has 0 aromatic rings. The summed E-state index contributed by atoms with van der Waals surface area (Å²) in [5.74, 6) is 1.32. The lowest BCUT2D eigenvalue weighted by atomic mass is 10.1. The minimum atomic E-state index is 0.780. The first-order valence-corrected chi connectivity index (χ1v) is 8.51. The Morgan fingerprint density at radius 2 is 2.00 bits per heavy atom. The molecule has 2 fully saturated rings. The SMILES string of the molecule is CN(C)C1CCCN(CCSC2CCNCC2)C1. The van der Waals surface area contributed by atoms with Crippen molar-refractivity contribution in [2.75, 3.05) is 52.6 Å². The molecule has 0 aliphatic carbocycles. The van der Waals surface area contributed by atoms with Gasteiger partial charge in [-0.05, 0) is 59.4 Å². The van der Waals surface area contributed by atoms with Crippen LogP contribution in [0.15, 0.2) is 0 Å². The van der Waals surface area contributed by atoms with Gasteiger partial charge in [0.25, 0.3) is 0 Å². The molecule has 0 bridgehead atoms. The molecule has 4 heteroatoms. The molecule has 1 unspecified atom stereocenters. The van der Waals surface area contributed by atoms with Crippen LogP contribution in [0.2, 0.25) is 0 Å². The Labute approximate surface area is 117 Å². The number of hydrogen-bond acceptors (Lipinski definition) is 4. The van der Waals surface area contributed by atoms with Crippen molar-refractivity contribution in [2.24, 2.45) is 0 Å². The van der Waals surface area contributed by atoms with E-state index in [1.54, 1.807) is 0 Å². The number of likely N-dealkylation sites (tertiary alicyclic amines) is 1. The molecule has 2 rings (SSSR count). The van der Waals surface area contributed by atoms with Gasteiger partial charge in [0.15, 0.2) is 0 Å². The van der Waals surface area contributed by atoms with Gasteiger partial charge in [-0.25, -0.2) is 0 Å². The number of likely N-dealkylation sites (N-methyl/N-ethyl adjacent to an activating group) is 1. The number of piperidine rings is 2. The average molecular weight is 271 g/mol. The van der Waals surface area contributed by atoms with Crippen molar-refractivity contribution in [3.05, 3.63) is 0 Å². The summed E-state index contributed by atoms with van der Waals surface area (Å²) >= 11 is 2.21. The van der Waals surface area contributed by atoms with E-state index in [0.29, 0.717) is 0 Å². The second kappa shape index (κ2) is 7.73. The predicted octanol–water partition coefficient (Wildman–Crippen LogP) is 1.50. The first kappa shape index (κ1) is 14.6. The normalized spacial score (nSPS) is 27.8. The van der Waals surface area contributed by atoms with Crippen molar-refractivity contribution in [1.29, 1.82) is 0 Å². The molecule has 0 amide bonds. The van der Waals surface area contributed by atoms with Crippen LogP contribution in [0.5, 0.6) is 0 Å². The minimum Gasteiger partial charge on any atom is -0.317 e. The molecule has 0 saturated carbocycles. The van der Waals surface area contributed by atoms with Gasteiger partial charge in [0.1, 0.15) is 0 Å². The zero-order valence-corrected chi connectivity index (χ0v) is 12.8. The van der Waals surface area contributed by atoms with E-state index in [1.165, 1.54) is 64.2 Å². The zero-order chi connectivity index (χ0) is 12.8. The van der Waals surface area contributed by atoms with E-state index in [9.17, 15) is 0 Å². The third-order valence-electron chi connectivity index (χ3n) is 4.26. The van der Waals surface area contributed by atoms with Gasteiger partial charge in [-0.1, -0.05) is 0 Å². The first-order valence-electron chi connectivity index (χ1n) is 7.47. The minimum absolute atomic E-state index is 0.780. The molecule has 3 nitrogen and oxygen atoms in total. The summed E-state index contributed by atoms with van der Waals surface area (Å²) in [6.07, 6.45) is 5.49. The van der Waals surface area contributed by atoms with Gasteiger partial charge in [-0.15, -0.1) is 0 Å². The van der Waals surface area contributed by atoms with E-state index >= 15 is 0 Å². The van der Waals surface area contributed by atoms with E-state index in [4.69, 9.17) is 0 Å². The standard InChI is InChI=1S/C14H29N3S/c1-16(2)13-4-3-9-17(12-13)10-11-18-14-5-7-15-8-6-14/h13-15H,3-12H2,1-2H3. The Hall–Kier alpha value is 0.230. The van der Waals surface area contributed by atoms with E-state index in [0.717, 1.165) is 11.3 Å². The lowest BCUT2D eigenvalue weighted by Gasteiger charge is -2.36. The van der Waals surface area contributed by atoms with Crippen LogP contribution in [-0.2, 0) is 0 Å². The summed E-state index contributed by atoms with van der Waals surface area (Å²) in [6.45, 7) is 6.34. The quantitative estimate of drug-likeness (QED) is 0.816. The van der Waals surface area contributed by atoms with E-state index in [1.807, 2.05) is 0 Å². The second-order valence-electron chi connectivity index (χ2n) is 5.88. The number of thioether (sulfide) groups is 1. The Bertz CT molecular complexity index is 229. The monoisotopic (exact) mass is 271 g/mol. The number of hydrogen-bond donors (Lipinski definition) is 1. The number of rotatable bonds is 5. The highest BCUT2D eigenvalue weighted by Crippen LogP contribution is 2.21. The van der Waals surface area contributed by atoms with Crippen molar-refractivity contribution in [1.82, 2.24) is 15.1 Å². The predicted molar refractivity (Wildman–Crippen MR) is 81.5 cm³/mol. The topological polar surface area (TPSA) is 18.5 Å². The van der Waals surface area contributed by atoms with Gasteiger partial charge >= 0.3 is 0 Å². The molecule has 1 atom stereocenters. The molecule has 2 saturated heterocycles. The van der Waals surface area contributed by atoms with Crippen LogP contribution in [0.25, 0.3) is 0 Å². The van der Waals surface area contributed by atoms with E-state index in [-0.39, 0.29) is 0 Å². The molecule has 106 valence electrons. The van der Waals surface area contributed by atoms with Crippen molar-refractivity contribution < 1.29 is 0 Å². The zero-order valence-electron chi connectivity index (χ0n) is 12.0. The number of nitrogens with zero attached hydrogens (tertiary/aromatic N) is 2. The van der Waals surface area contributed by atoms with Gasteiger partial charge < -0.3 is 15.1 Å². The van der Waals surface area contributed by atoms with Crippen LogP contribution in [-0.4, -0.2) is 73.7 Å². The molecule has 0 spiro atoms. The molecule has 1 N–H and O–H groups in total. The summed E-state index contributed by atoms with van der Waals surface area (Å²) in [5, 5.41) is 4.36. The highest BCUT2D eigenvalue weighted by molar-refractivity contribution is 7.99. The molecule has 0 aromatic carbocycles. The Morgan fingerprint density at radius 3 is 2.72 bits per heavy atom. The summed E-state index contributed by atoms with van der Waals surface area (Å²) in [7, 11) is 4.44. The second-order valence-corrected chi connectivity index (χ2v) is 7.29. The fraction of sp³-hybridized carbons (Fsp3) is 1.00. The first-order chi connectivity index (χ1) is 8.75. The van der Waals surface area contributed by atoms with Crippen LogP contribution in [0.4, 0.5) is 0 Å². The highest BCUT2D eigenvalue weighted by atomic mass is 32.2. The molecular formula is C14H29N3S. The summed E-state index contributed by atoms with van der Waals surface area (Å²) in [6, 6.07) is 0.780. The van der Waals surface area contributed by atoms with E-state index < -0.39 is 0 Å². The van der Waals surface area contributed by atoms with Crippen molar-refractivity contribution >= 4 is 11.8 Å². The largest absolute Gasteiger partial charge is 0.317 e. The maximum Gasteiger partial charge on any atom is 0.0217 e. The fourth-order valence-corrected chi connectivity index (χ4v) is 4.23. The van der Waals surface area contributed by atoms with Gasteiger partial charge in [0, 0.05) is 30.1 Å². The lowest BCUT2D eigenvalue weighted by Crippen LogP contribution is -2.45. The molecular weight excluding hydrogens is 242 g/mol. The van der Waals surface area contributed by atoms with Gasteiger partial charge in [-0.2, -0.15) is 11.8 Å². The summed E-state index contributed by atoms with van der Waals surface area (Å²) in [4.78, 5) is 5.06.